The maximum Gasteiger partial charge on any atom is 0.230 e. The zero-order chi connectivity index (χ0) is 11.7. The quantitative estimate of drug-likeness (QED) is 0.545. The lowest BCUT2D eigenvalue weighted by atomic mass is 10.2. The van der Waals surface area contributed by atoms with Crippen LogP contribution in [0.4, 0.5) is 0 Å². The summed E-state index contributed by atoms with van der Waals surface area (Å²) in [5, 5.41) is 0. The number of aromatic nitrogens is 1. The highest BCUT2D eigenvalue weighted by Gasteiger charge is 2.30. The third-order valence-corrected chi connectivity index (χ3v) is 2.69. The molecule has 0 spiro atoms. The molecule has 0 bridgehead atoms. The molecule has 2 heterocycles. The standard InChI is InChI=1S/C11H12N2O3/c1-12-6-2-3-8(12)9(14)7-13-10(15)4-5-11(13)16/h2-3,6H,4-5,7H2,1H3. The fourth-order valence-electron chi connectivity index (χ4n) is 1.77. The molecule has 5 nitrogen and oxygen atoms in total. The van der Waals surface area contributed by atoms with Gasteiger partial charge in [-0.3, -0.25) is 19.3 Å². The number of imide groups is 1. The van der Waals surface area contributed by atoms with Crippen molar-refractivity contribution in [3.8, 4) is 0 Å². The number of Topliss-reactive ketones (excluding diaryl/α,β-unsaturated/α-hetero) is 1. The van der Waals surface area contributed by atoms with Gasteiger partial charge in [-0.15, -0.1) is 0 Å². The minimum absolute atomic E-state index is 0.143. The van der Waals surface area contributed by atoms with Gasteiger partial charge in [0.1, 0.15) is 0 Å². The SMILES string of the molecule is Cn1cccc1C(=O)CN1C(=O)CCC1=O. The molecule has 0 aliphatic carbocycles. The van der Waals surface area contributed by atoms with Gasteiger partial charge in [0.2, 0.25) is 11.8 Å². The zero-order valence-corrected chi connectivity index (χ0v) is 8.97. The van der Waals surface area contributed by atoms with Crippen molar-refractivity contribution in [2.45, 2.75) is 12.8 Å². The van der Waals surface area contributed by atoms with E-state index in [2.05, 4.69) is 0 Å². The van der Waals surface area contributed by atoms with Crippen molar-refractivity contribution >= 4 is 17.6 Å². The van der Waals surface area contributed by atoms with Crippen LogP contribution in [-0.4, -0.2) is 33.6 Å². The first-order valence-corrected chi connectivity index (χ1v) is 5.07. The van der Waals surface area contributed by atoms with Crippen LogP contribution in [0.25, 0.3) is 0 Å². The summed E-state index contributed by atoms with van der Waals surface area (Å²) < 4.78 is 1.67. The van der Waals surface area contributed by atoms with Gasteiger partial charge in [-0.2, -0.15) is 0 Å². The number of carbonyl (C=O) groups is 3. The van der Waals surface area contributed by atoms with Crippen molar-refractivity contribution in [3.63, 3.8) is 0 Å². The van der Waals surface area contributed by atoms with E-state index in [0.717, 1.165) is 4.90 Å². The van der Waals surface area contributed by atoms with E-state index < -0.39 is 0 Å². The summed E-state index contributed by atoms with van der Waals surface area (Å²) in [7, 11) is 1.75. The lowest BCUT2D eigenvalue weighted by Gasteiger charge is -2.12. The van der Waals surface area contributed by atoms with Crippen molar-refractivity contribution in [2.24, 2.45) is 7.05 Å². The maximum absolute atomic E-state index is 11.8. The molecular weight excluding hydrogens is 208 g/mol. The second-order valence-corrected chi connectivity index (χ2v) is 3.80. The van der Waals surface area contributed by atoms with Crippen LogP contribution >= 0.6 is 0 Å². The number of likely N-dealkylation sites (tertiary alicyclic amines) is 1. The molecule has 2 rings (SSSR count). The Kier molecular flexibility index (Phi) is 2.60. The lowest BCUT2D eigenvalue weighted by molar-refractivity contribution is -0.137. The predicted molar refractivity (Wildman–Crippen MR) is 55.7 cm³/mol. The van der Waals surface area contributed by atoms with Crippen LogP contribution < -0.4 is 0 Å². The topological polar surface area (TPSA) is 59.4 Å². The van der Waals surface area contributed by atoms with E-state index in [1.165, 1.54) is 0 Å². The van der Waals surface area contributed by atoms with Gasteiger partial charge in [-0.1, -0.05) is 0 Å². The second-order valence-electron chi connectivity index (χ2n) is 3.80. The Morgan fingerprint density at radius 3 is 2.44 bits per heavy atom. The predicted octanol–water partition coefficient (Wildman–Crippen LogP) is 0.357. The highest BCUT2D eigenvalue weighted by Crippen LogP contribution is 2.12. The summed E-state index contributed by atoms with van der Waals surface area (Å²) in [6, 6.07) is 3.42. The largest absolute Gasteiger partial charge is 0.348 e. The van der Waals surface area contributed by atoms with E-state index >= 15 is 0 Å². The maximum atomic E-state index is 11.8. The Balaban J connectivity index is 2.11. The highest BCUT2D eigenvalue weighted by molar-refractivity contribution is 6.07. The Labute approximate surface area is 92.6 Å². The Bertz CT molecular complexity index is 446. The Hall–Kier alpha value is -1.91. The van der Waals surface area contributed by atoms with Crippen LogP contribution in [0.2, 0.25) is 0 Å². The average molecular weight is 220 g/mol. The molecule has 0 radical (unpaired) electrons. The molecule has 0 unspecified atom stereocenters. The summed E-state index contributed by atoms with van der Waals surface area (Å²) in [5.41, 5.74) is 0.507. The van der Waals surface area contributed by atoms with E-state index in [9.17, 15) is 14.4 Å². The number of aryl methyl sites for hydroxylation is 1. The van der Waals surface area contributed by atoms with Crippen LogP contribution in [0.15, 0.2) is 18.3 Å². The minimum Gasteiger partial charge on any atom is -0.348 e. The molecule has 84 valence electrons. The molecule has 0 atom stereocenters. The first-order chi connectivity index (χ1) is 7.59. The van der Waals surface area contributed by atoms with Crippen molar-refractivity contribution in [3.05, 3.63) is 24.0 Å². The highest BCUT2D eigenvalue weighted by atomic mass is 16.2. The lowest BCUT2D eigenvalue weighted by Crippen LogP contribution is -2.34. The van der Waals surface area contributed by atoms with Crippen molar-refractivity contribution < 1.29 is 14.4 Å². The number of amides is 2. The van der Waals surface area contributed by atoms with E-state index in [1.807, 2.05) is 0 Å². The number of nitrogens with zero attached hydrogens (tertiary/aromatic N) is 2. The molecule has 0 aromatic carbocycles. The molecule has 1 aromatic rings. The molecule has 1 fully saturated rings. The van der Waals surface area contributed by atoms with Gasteiger partial charge in [-0.25, -0.2) is 0 Å². The van der Waals surface area contributed by atoms with E-state index in [-0.39, 0.29) is 37.0 Å². The Morgan fingerprint density at radius 2 is 1.94 bits per heavy atom. The first-order valence-electron chi connectivity index (χ1n) is 5.07. The van der Waals surface area contributed by atoms with Crippen molar-refractivity contribution in [1.82, 2.24) is 9.47 Å². The number of carbonyl (C=O) groups excluding carboxylic acids is 3. The summed E-state index contributed by atoms with van der Waals surface area (Å²) in [6.07, 6.45) is 2.19. The van der Waals surface area contributed by atoms with Crippen LogP contribution in [0.1, 0.15) is 23.3 Å². The van der Waals surface area contributed by atoms with Gasteiger partial charge in [-0.05, 0) is 12.1 Å². The van der Waals surface area contributed by atoms with Gasteiger partial charge in [0.05, 0.1) is 12.2 Å². The monoisotopic (exact) mass is 220 g/mol. The molecule has 1 saturated heterocycles. The minimum atomic E-state index is -0.257. The average Bonchev–Trinajstić information content (AvgIpc) is 2.79. The molecule has 1 aromatic heterocycles. The summed E-state index contributed by atoms with van der Waals surface area (Å²) >= 11 is 0. The van der Waals surface area contributed by atoms with Crippen LogP contribution in [0.5, 0.6) is 0 Å². The van der Waals surface area contributed by atoms with Crippen LogP contribution in [0, 0.1) is 0 Å². The molecule has 1 aliphatic rings. The van der Waals surface area contributed by atoms with Gasteiger partial charge >= 0.3 is 0 Å². The molecule has 5 heteroatoms. The number of rotatable bonds is 3. The summed E-state index contributed by atoms with van der Waals surface area (Å²) in [4.78, 5) is 35.5. The molecular formula is C11H12N2O3. The van der Waals surface area contributed by atoms with Crippen molar-refractivity contribution in [2.75, 3.05) is 6.54 Å². The normalized spacial score (nSPS) is 15.9. The van der Waals surface area contributed by atoms with E-state index in [4.69, 9.17) is 0 Å². The van der Waals surface area contributed by atoms with E-state index in [1.54, 1.807) is 29.9 Å². The zero-order valence-electron chi connectivity index (χ0n) is 8.97. The summed E-state index contributed by atoms with van der Waals surface area (Å²) in [5.74, 6) is -0.726. The fourth-order valence-corrected chi connectivity index (χ4v) is 1.77. The third kappa shape index (κ3) is 1.76. The molecule has 0 N–H and O–H groups in total. The number of hydrogen-bond donors (Lipinski definition) is 0. The summed E-state index contributed by atoms with van der Waals surface area (Å²) in [6.45, 7) is -0.143. The molecule has 16 heavy (non-hydrogen) atoms. The number of ketones is 1. The van der Waals surface area contributed by atoms with E-state index in [0.29, 0.717) is 5.69 Å². The molecule has 2 amide bonds. The van der Waals surface area contributed by atoms with Gasteiger partial charge < -0.3 is 4.57 Å². The van der Waals surface area contributed by atoms with Gasteiger partial charge in [0.25, 0.3) is 0 Å². The van der Waals surface area contributed by atoms with Gasteiger partial charge in [0, 0.05) is 26.1 Å². The Morgan fingerprint density at radius 1 is 1.31 bits per heavy atom. The fraction of sp³-hybridized carbons (Fsp3) is 0.364. The second kappa shape index (κ2) is 3.92. The van der Waals surface area contributed by atoms with Crippen LogP contribution in [0.3, 0.4) is 0 Å². The molecule has 1 aliphatic heterocycles. The molecule has 0 saturated carbocycles. The third-order valence-electron chi connectivity index (χ3n) is 2.69. The van der Waals surface area contributed by atoms with Crippen LogP contribution in [-0.2, 0) is 16.6 Å². The first kappa shape index (κ1) is 10.6. The van der Waals surface area contributed by atoms with Gasteiger partial charge in [0.15, 0.2) is 5.78 Å². The smallest absolute Gasteiger partial charge is 0.230 e. The number of hydrogen-bond acceptors (Lipinski definition) is 3. The van der Waals surface area contributed by atoms with Crippen molar-refractivity contribution in [1.29, 1.82) is 0 Å².